The van der Waals surface area contributed by atoms with E-state index in [4.69, 9.17) is 11.6 Å². The van der Waals surface area contributed by atoms with E-state index in [0.29, 0.717) is 16.4 Å². The molecule has 0 aliphatic heterocycles. The van der Waals surface area contributed by atoms with E-state index in [0.717, 1.165) is 5.56 Å². The number of carbonyl (C=O) groups excluding carboxylic acids is 2. The number of hydrazone groups is 1. The molecule has 5 nitrogen and oxygen atoms in total. The van der Waals surface area contributed by atoms with Gasteiger partial charge in [-0.2, -0.15) is 5.10 Å². The van der Waals surface area contributed by atoms with E-state index in [1.807, 2.05) is 30.3 Å². The molecule has 0 aliphatic carbocycles. The Morgan fingerprint density at radius 1 is 0.958 bits per heavy atom. The Hall–Kier alpha value is -2.66. The highest BCUT2D eigenvalue weighted by Gasteiger charge is 2.07. The van der Waals surface area contributed by atoms with Crippen molar-refractivity contribution >= 4 is 34.8 Å². The standard InChI is InChI=1S/C18H18ClN3O2/c1-13(14-7-9-15(19)10-8-14)21-22-18(24)12-11-17(23)20-16-5-3-2-4-6-16/h2-10H,11-12H2,1H3,(H,20,23)(H,22,24)/b21-13-. The molecule has 0 fully saturated rings. The molecular formula is C18H18ClN3O2. The average molecular weight is 344 g/mol. The van der Waals surface area contributed by atoms with E-state index in [1.54, 1.807) is 31.2 Å². The minimum atomic E-state index is -0.313. The third-order valence-corrected chi connectivity index (χ3v) is 3.50. The molecule has 24 heavy (non-hydrogen) atoms. The number of anilines is 1. The Bertz CT molecular complexity index is 728. The Morgan fingerprint density at radius 2 is 1.58 bits per heavy atom. The molecular weight excluding hydrogens is 326 g/mol. The van der Waals surface area contributed by atoms with Gasteiger partial charge in [-0.25, -0.2) is 5.43 Å². The summed E-state index contributed by atoms with van der Waals surface area (Å²) in [6.45, 7) is 1.78. The van der Waals surface area contributed by atoms with Crippen molar-refractivity contribution < 1.29 is 9.59 Å². The van der Waals surface area contributed by atoms with E-state index in [1.165, 1.54) is 0 Å². The number of nitrogens with zero attached hydrogens (tertiary/aromatic N) is 1. The summed E-state index contributed by atoms with van der Waals surface area (Å²) in [6.07, 6.45) is 0.159. The summed E-state index contributed by atoms with van der Waals surface area (Å²) in [5.74, 6) is -0.527. The van der Waals surface area contributed by atoms with Crippen LogP contribution >= 0.6 is 11.6 Å². The van der Waals surface area contributed by atoms with Gasteiger partial charge in [0.2, 0.25) is 11.8 Å². The van der Waals surface area contributed by atoms with Crippen LogP contribution in [-0.2, 0) is 9.59 Å². The van der Waals surface area contributed by atoms with Crippen molar-refractivity contribution in [2.24, 2.45) is 5.10 Å². The summed E-state index contributed by atoms with van der Waals surface area (Å²) in [4.78, 5) is 23.5. The van der Waals surface area contributed by atoms with Crippen molar-refractivity contribution in [1.82, 2.24) is 5.43 Å². The fourth-order valence-corrected chi connectivity index (χ4v) is 2.06. The van der Waals surface area contributed by atoms with Gasteiger partial charge in [0.15, 0.2) is 0 Å². The molecule has 0 unspecified atom stereocenters. The van der Waals surface area contributed by atoms with Crippen molar-refractivity contribution in [2.75, 3.05) is 5.32 Å². The third kappa shape index (κ3) is 5.85. The summed E-state index contributed by atoms with van der Waals surface area (Å²) in [6, 6.07) is 16.3. The molecule has 0 saturated carbocycles. The lowest BCUT2D eigenvalue weighted by Gasteiger charge is -2.05. The maximum absolute atomic E-state index is 11.8. The number of para-hydroxylation sites is 1. The molecule has 6 heteroatoms. The lowest BCUT2D eigenvalue weighted by atomic mass is 10.1. The van der Waals surface area contributed by atoms with E-state index in [-0.39, 0.29) is 24.7 Å². The first-order valence-electron chi connectivity index (χ1n) is 7.48. The van der Waals surface area contributed by atoms with Crippen LogP contribution in [0.2, 0.25) is 5.02 Å². The number of benzene rings is 2. The molecule has 0 saturated heterocycles. The molecule has 2 rings (SSSR count). The summed E-state index contributed by atoms with van der Waals surface area (Å²) >= 11 is 5.83. The number of hydrogen-bond donors (Lipinski definition) is 2. The van der Waals surface area contributed by atoms with Gasteiger partial charge in [-0.05, 0) is 36.8 Å². The van der Waals surface area contributed by atoms with E-state index >= 15 is 0 Å². The molecule has 0 aliphatic rings. The molecule has 2 amide bonds. The average Bonchev–Trinajstić information content (AvgIpc) is 2.59. The van der Waals surface area contributed by atoms with Crippen LogP contribution in [0.15, 0.2) is 59.7 Å². The Balaban J connectivity index is 1.77. The van der Waals surface area contributed by atoms with Crippen LogP contribution in [0.25, 0.3) is 0 Å². The van der Waals surface area contributed by atoms with Crippen LogP contribution in [0, 0.1) is 0 Å². The van der Waals surface area contributed by atoms with Crippen LogP contribution in [-0.4, -0.2) is 17.5 Å². The van der Waals surface area contributed by atoms with Gasteiger partial charge in [-0.1, -0.05) is 41.9 Å². The predicted octanol–water partition coefficient (Wildman–Crippen LogP) is 3.60. The zero-order valence-corrected chi connectivity index (χ0v) is 14.0. The first-order valence-corrected chi connectivity index (χ1v) is 7.86. The second-order valence-corrected chi connectivity index (χ2v) is 5.59. The van der Waals surface area contributed by atoms with Gasteiger partial charge in [0.25, 0.3) is 0 Å². The molecule has 2 aromatic carbocycles. The number of nitrogens with one attached hydrogen (secondary N) is 2. The first kappa shape index (κ1) is 17.7. The summed E-state index contributed by atoms with van der Waals surface area (Å²) in [5, 5.41) is 7.39. The summed E-state index contributed by atoms with van der Waals surface area (Å²) in [7, 11) is 0. The summed E-state index contributed by atoms with van der Waals surface area (Å²) in [5.41, 5.74) is 4.68. The lowest BCUT2D eigenvalue weighted by molar-refractivity contribution is -0.124. The third-order valence-electron chi connectivity index (χ3n) is 3.25. The van der Waals surface area contributed by atoms with Gasteiger partial charge in [-0.15, -0.1) is 0 Å². The Labute approximate surface area is 145 Å². The monoisotopic (exact) mass is 343 g/mol. The van der Waals surface area contributed by atoms with Crippen molar-refractivity contribution in [3.05, 3.63) is 65.2 Å². The van der Waals surface area contributed by atoms with Crippen LogP contribution in [0.4, 0.5) is 5.69 Å². The van der Waals surface area contributed by atoms with Crippen molar-refractivity contribution in [3.63, 3.8) is 0 Å². The number of halogens is 1. The Morgan fingerprint density at radius 3 is 2.25 bits per heavy atom. The lowest BCUT2D eigenvalue weighted by Crippen LogP contribution is -2.21. The highest BCUT2D eigenvalue weighted by molar-refractivity contribution is 6.30. The zero-order chi connectivity index (χ0) is 17.4. The smallest absolute Gasteiger partial charge is 0.240 e. The second kappa shape index (κ2) is 8.84. The second-order valence-electron chi connectivity index (χ2n) is 5.15. The van der Waals surface area contributed by atoms with Crippen LogP contribution in [0.5, 0.6) is 0 Å². The quantitative estimate of drug-likeness (QED) is 0.621. The SMILES string of the molecule is C/C(=N/NC(=O)CCC(=O)Nc1ccccc1)c1ccc(Cl)cc1. The molecule has 124 valence electrons. The first-order chi connectivity index (χ1) is 11.5. The van der Waals surface area contributed by atoms with E-state index < -0.39 is 0 Å². The van der Waals surface area contributed by atoms with E-state index in [2.05, 4.69) is 15.8 Å². The van der Waals surface area contributed by atoms with Gasteiger partial charge >= 0.3 is 0 Å². The summed E-state index contributed by atoms with van der Waals surface area (Å²) < 4.78 is 0. The molecule has 2 N–H and O–H groups in total. The zero-order valence-electron chi connectivity index (χ0n) is 13.3. The molecule has 2 aromatic rings. The van der Waals surface area contributed by atoms with Gasteiger partial charge in [0, 0.05) is 23.6 Å². The highest BCUT2D eigenvalue weighted by Crippen LogP contribution is 2.10. The van der Waals surface area contributed by atoms with Gasteiger partial charge in [-0.3, -0.25) is 9.59 Å². The van der Waals surface area contributed by atoms with Gasteiger partial charge in [0.1, 0.15) is 0 Å². The minimum Gasteiger partial charge on any atom is -0.326 e. The topological polar surface area (TPSA) is 70.6 Å². The molecule has 0 atom stereocenters. The highest BCUT2D eigenvalue weighted by atomic mass is 35.5. The molecule has 0 bridgehead atoms. The maximum atomic E-state index is 11.8. The Kier molecular flexibility index (Phi) is 6.51. The molecule has 0 heterocycles. The fraction of sp³-hybridized carbons (Fsp3) is 0.167. The molecule has 0 spiro atoms. The van der Waals surface area contributed by atoms with E-state index in [9.17, 15) is 9.59 Å². The molecule has 0 aromatic heterocycles. The van der Waals surface area contributed by atoms with Crippen molar-refractivity contribution in [2.45, 2.75) is 19.8 Å². The number of hydrogen-bond acceptors (Lipinski definition) is 3. The fourth-order valence-electron chi connectivity index (χ4n) is 1.93. The van der Waals surface area contributed by atoms with Crippen LogP contribution < -0.4 is 10.7 Å². The number of rotatable bonds is 6. The van der Waals surface area contributed by atoms with Crippen molar-refractivity contribution in [1.29, 1.82) is 0 Å². The maximum Gasteiger partial charge on any atom is 0.240 e. The number of amides is 2. The molecule has 0 radical (unpaired) electrons. The number of carbonyl (C=O) groups is 2. The predicted molar refractivity (Wildman–Crippen MR) is 96.1 cm³/mol. The van der Waals surface area contributed by atoms with Gasteiger partial charge in [0.05, 0.1) is 5.71 Å². The normalized spacial score (nSPS) is 11.0. The van der Waals surface area contributed by atoms with Crippen LogP contribution in [0.1, 0.15) is 25.3 Å². The minimum absolute atomic E-state index is 0.0655. The largest absolute Gasteiger partial charge is 0.326 e. The van der Waals surface area contributed by atoms with Gasteiger partial charge < -0.3 is 5.32 Å². The van der Waals surface area contributed by atoms with Crippen LogP contribution in [0.3, 0.4) is 0 Å². The van der Waals surface area contributed by atoms with Crippen molar-refractivity contribution in [3.8, 4) is 0 Å².